The van der Waals surface area contributed by atoms with E-state index in [-0.39, 0.29) is 11.8 Å². The zero-order valence-electron chi connectivity index (χ0n) is 11.5. The molecule has 0 N–H and O–H groups in total. The van der Waals surface area contributed by atoms with E-state index in [4.69, 9.17) is 4.74 Å². The zero-order chi connectivity index (χ0) is 13.4. The molecule has 0 aliphatic carbocycles. The molecule has 102 valence electrons. The lowest BCUT2D eigenvalue weighted by Crippen LogP contribution is -2.37. The maximum atomic E-state index is 12.4. The lowest BCUT2D eigenvalue weighted by Gasteiger charge is -2.26. The lowest BCUT2D eigenvalue weighted by molar-refractivity contribution is -0.137. The van der Waals surface area contributed by atoms with E-state index in [1.807, 2.05) is 10.3 Å². The molecule has 1 rings (SSSR count). The minimum Gasteiger partial charge on any atom is -0.383 e. The molecular weight excluding hydrogens is 246 g/mol. The first kappa shape index (κ1) is 15.2. The van der Waals surface area contributed by atoms with Crippen molar-refractivity contribution in [1.82, 2.24) is 4.90 Å². The van der Waals surface area contributed by atoms with E-state index in [2.05, 4.69) is 25.3 Å². The van der Waals surface area contributed by atoms with Crippen molar-refractivity contribution >= 4 is 17.2 Å². The van der Waals surface area contributed by atoms with E-state index in [0.29, 0.717) is 19.7 Å². The van der Waals surface area contributed by atoms with Gasteiger partial charge < -0.3 is 9.64 Å². The number of thiophene rings is 1. The highest BCUT2D eigenvalue weighted by molar-refractivity contribution is 7.07. The monoisotopic (exact) mass is 269 g/mol. The Hall–Kier alpha value is -0.870. The summed E-state index contributed by atoms with van der Waals surface area (Å²) in [6.45, 7) is 6.11. The maximum absolute atomic E-state index is 12.4. The van der Waals surface area contributed by atoms with E-state index in [1.165, 1.54) is 5.56 Å². The molecule has 0 radical (unpaired) electrons. The van der Waals surface area contributed by atoms with Gasteiger partial charge in [-0.15, -0.1) is 0 Å². The Morgan fingerprint density at radius 2 is 2.17 bits per heavy atom. The maximum Gasteiger partial charge on any atom is 0.226 e. The normalized spacial score (nSPS) is 10.9. The summed E-state index contributed by atoms with van der Waals surface area (Å²) < 4.78 is 5.10. The van der Waals surface area contributed by atoms with Gasteiger partial charge in [-0.2, -0.15) is 11.3 Å². The highest BCUT2D eigenvalue weighted by Crippen LogP contribution is 2.16. The van der Waals surface area contributed by atoms with Gasteiger partial charge in [0.15, 0.2) is 0 Å². The predicted octanol–water partition coefficient (Wildman–Crippen LogP) is 3.16. The van der Waals surface area contributed by atoms with Crippen molar-refractivity contribution in [3.63, 3.8) is 0 Å². The number of nitrogens with zero attached hydrogens (tertiary/aromatic N) is 1. The van der Waals surface area contributed by atoms with E-state index >= 15 is 0 Å². The van der Waals surface area contributed by atoms with E-state index in [1.54, 1.807) is 18.4 Å². The van der Waals surface area contributed by atoms with Gasteiger partial charge >= 0.3 is 0 Å². The van der Waals surface area contributed by atoms with Gasteiger partial charge in [0, 0.05) is 26.1 Å². The third-order valence-corrected chi connectivity index (χ3v) is 3.90. The summed E-state index contributed by atoms with van der Waals surface area (Å²) in [6.07, 6.45) is 1.81. The van der Waals surface area contributed by atoms with Crippen molar-refractivity contribution in [2.45, 2.75) is 33.2 Å². The SMILES string of the molecule is CCC(CC)C(=O)N(CCOC)Cc1ccsc1. The molecule has 1 aromatic rings. The van der Waals surface area contributed by atoms with Crippen LogP contribution >= 0.6 is 11.3 Å². The molecule has 0 unspecified atom stereocenters. The molecule has 1 heterocycles. The predicted molar refractivity (Wildman–Crippen MR) is 75.7 cm³/mol. The van der Waals surface area contributed by atoms with Crippen LogP contribution in [0, 0.1) is 5.92 Å². The van der Waals surface area contributed by atoms with Crippen LogP contribution in [-0.4, -0.2) is 31.1 Å². The number of hydrogen-bond acceptors (Lipinski definition) is 3. The van der Waals surface area contributed by atoms with Crippen molar-refractivity contribution in [3.8, 4) is 0 Å². The van der Waals surface area contributed by atoms with Crippen molar-refractivity contribution in [2.24, 2.45) is 5.92 Å². The fourth-order valence-corrected chi connectivity index (χ4v) is 2.63. The van der Waals surface area contributed by atoms with Gasteiger partial charge in [0.2, 0.25) is 5.91 Å². The molecule has 18 heavy (non-hydrogen) atoms. The average Bonchev–Trinajstić information content (AvgIpc) is 2.88. The quantitative estimate of drug-likeness (QED) is 0.725. The van der Waals surface area contributed by atoms with Crippen LogP contribution in [0.4, 0.5) is 0 Å². The number of methoxy groups -OCH3 is 1. The summed E-state index contributed by atoms with van der Waals surface area (Å²) in [5, 5.41) is 4.14. The van der Waals surface area contributed by atoms with Gasteiger partial charge in [-0.1, -0.05) is 13.8 Å². The Balaban J connectivity index is 2.67. The summed E-state index contributed by atoms with van der Waals surface area (Å²) in [6, 6.07) is 2.07. The molecule has 0 atom stereocenters. The van der Waals surface area contributed by atoms with Gasteiger partial charge in [0.1, 0.15) is 0 Å². The van der Waals surface area contributed by atoms with Crippen molar-refractivity contribution in [1.29, 1.82) is 0 Å². The van der Waals surface area contributed by atoms with Crippen LogP contribution in [0.1, 0.15) is 32.3 Å². The number of amides is 1. The van der Waals surface area contributed by atoms with E-state index in [9.17, 15) is 4.79 Å². The first-order valence-corrected chi connectivity index (χ1v) is 7.45. The Labute approximate surface area is 114 Å². The van der Waals surface area contributed by atoms with Crippen LogP contribution in [0.3, 0.4) is 0 Å². The largest absolute Gasteiger partial charge is 0.383 e. The molecule has 0 bridgehead atoms. The standard InChI is InChI=1S/C14H23NO2S/c1-4-13(5-2)14(16)15(7-8-17-3)10-12-6-9-18-11-12/h6,9,11,13H,4-5,7-8,10H2,1-3H3. The van der Waals surface area contributed by atoms with Crippen LogP contribution in [0.15, 0.2) is 16.8 Å². The molecule has 0 fully saturated rings. The van der Waals surface area contributed by atoms with Crippen molar-refractivity contribution < 1.29 is 9.53 Å². The average molecular weight is 269 g/mol. The highest BCUT2D eigenvalue weighted by atomic mass is 32.1. The zero-order valence-corrected chi connectivity index (χ0v) is 12.3. The first-order valence-electron chi connectivity index (χ1n) is 6.51. The van der Waals surface area contributed by atoms with Crippen LogP contribution < -0.4 is 0 Å². The number of carbonyl (C=O) groups is 1. The van der Waals surface area contributed by atoms with Gasteiger partial charge in [-0.05, 0) is 35.2 Å². The number of carbonyl (C=O) groups excluding carboxylic acids is 1. The Kier molecular flexibility index (Phi) is 6.98. The van der Waals surface area contributed by atoms with Crippen molar-refractivity contribution in [2.75, 3.05) is 20.3 Å². The Morgan fingerprint density at radius 1 is 1.44 bits per heavy atom. The Bertz CT molecular complexity index is 334. The molecule has 0 aliphatic heterocycles. The third-order valence-electron chi connectivity index (χ3n) is 3.17. The van der Waals surface area contributed by atoms with Gasteiger partial charge in [-0.25, -0.2) is 0 Å². The van der Waals surface area contributed by atoms with E-state index < -0.39 is 0 Å². The molecule has 0 spiro atoms. The van der Waals surface area contributed by atoms with Crippen LogP contribution in [-0.2, 0) is 16.1 Å². The molecule has 1 aromatic heterocycles. The fraction of sp³-hybridized carbons (Fsp3) is 0.643. The minimum atomic E-state index is 0.139. The summed E-state index contributed by atoms with van der Waals surface area (Å²) in [4.78, 5) is 14.3. The molecule has 1 amide bonds. The number of ether oxygens (including phenoxy) is 1. The number of hydrogen-bond donors (Lipinski definition) is 0. The Morgan fingerprint density at radius 3 is 2.67 bits per heavy atom. The molecular formula is C14H23NO2S. The summed E-state index contributed by atoms with van der Waals surface area (Å²) in [5.74, 6) is 0.392. The molecule has 0 aromatic carbocycles. The second-order valence-electron chi connectivity index (χ2n) is 4.40. The summed E-state index contributed by atoms with van der Waals surface area (Å²) in [7, 11) is 1.67. The van der Waals surface area contributed by atoms with Gasteiger partial charge in [0.25, 0.3) is 0 Å². The smallest absolute Gasteiger partial charge is 0.226 e. The topological polar surface area (TPSA) is 29.5 Å². The van der Waals surface area contributed by atoms with Crippen LogP contribution in [0.25, 0.3) is 0 Å². The highest BCUT2D eigenvalue weighted by Gasteiger charge is 2.21. The summed E-state index contributed by atoms with van der Waals surface area (Å²) >= 11 is 1.67. The minimum absolute atomic E-state index is 0.139. The molecule has 4 heteroatoms. The van der Waals surface area contributed by atoms with Gasteiger partial charge in [0.05, 0.1) is 6.61 Å². The van der Waals surface area contributed by atoms with Crippen LogP contribution in [0.2, 0.25) is 0 Å². The fourth-order valence-electron chi connectivity index (χ4n) is 1.97. The van der Waals surface area contributed by atoms with E-state index in [0.717, 1.165) is 12.8 Å². The lowest BCUT2D eigenvalue weighted by atomic mass is 10.0. The second-order valence-corrected chi connectivity index (χ2v) is 5.18. The second kappa shape index (κ2) is 8.27. The van der Waals surface area contributed by atoms with Crippen molar-refractivity contribution in [3.05, 3.63) is 22.4 Å². The third kappa shape index (κ3) is 4.42. The summed E-state index contributed by atoms with van der Waals surface area (Å²) in [5.41, 5.74) is 1.20. The first-order chi connectivity index (χ1) is 8.72. The number of rotatable bonds is 8. The molecule has 0 aliphatic rings. The van der Waals surface area contributed by atoms with Gasteiger partial charge in [-0.3, -0.25) is 4.79 Å². The molecule has 0 saturated carbocycles. The molecule has 0 saturated heterocycles. The van der Waals surface area contributed by atoms with Crippen LogP contribution in [0.5, 0.6) is 0 Å². The molecule has 3 nitrogen and oxygen atoms in total.